The third-order valence-electron chi connectivity index (χ3n) is 3.48. The molecule has 0 aliphatic rings. The van der Waals surface area contributed by atoms with Crippen LogP contribution in [0.1, 0.15) is 28.6 Å². The lowest BCUT2D eigenvalue weighted by Gasteiger charge is -2.21. The summed E-state index contributed by atoms with van der Waals surface area (Å²) in [6.07, 6.45) is 0. The van der Waals surface area contributed by atoms with Crippen LogP contribution in [-0.2, 0) is 13.1 Å². The number of thiazole rings is 1. The van der Waals surface area contributed by atoms with Crippen LogP contribution in [0.2, 0.25) is 0 Å². The monoisotopic (exact) mass is 289 g/mol. The van der Waals surface area contributed by atoms with Crippen molar-refractivity contribution in [1.82, 2.24) is 10.3 Å². The van der Waals surface area contributed by atoms with Crippen LogP contribution in [0.15, 0.2) is 23.7 Å². The van der Waals surface area contributed by atoms with Crippen molar-refractivity contribution >= 4 is 17.0 Å². The molecule has 0 atom stereocenters. The highest BCUT2D eigenvalue weighted by molar-refractivity contribution is 7.09. The van der Waals surface area contributed by atoms with Gasteiger partial charge in [-0.2, -0.15) is 0 Å². The Morgan fingerprint density at radius 1 is 1.30 bits per heavy atom. The normalized spacial score (nSPS) is 10.8. The molecule has 3 nitrogen and oxygen atoms in total. The summed E-state index contributed by atoms with van der Waals surface area (Å²) in [5.74, 6) is 0. The van der Waals surface area contributed by atoms with Gasteiger partial charge in [0.1, 0.15) is 0 Å². The number of rotatable bonds is 6. The molecule has 2 rings (SSSR count). The topological polar surface area (TPSA) is 28.2 Å². The van der Waals surface area contributed by atoms with Crippen molar-refractivity contribution < 1.29 is 0 Å². The van der Waals surface area contributed by atoms with Gasteiger partial charge >= 0.3 is 0 Å². The first-order chi connectivity index (χ1) is 9.61. The van der Waals surface area contributed by atoms with Crippen molar-refractivity contribution in [3.63, 3.8) is 0 Å². The predicted molar refractivity (Wildman–Crippen MR) is 87.5 cm³/mol. The zero-order valence-corrected chi connectivity index (χ0v) is 13.5. The van der Waals surface area contributed by atoms with E-state index in [0.29, 0.717) is 0 Å². The summed E-state index contributed by atoms with van der Waals surface area (Å²) < 4.78 is 0. The number of benzene rings is 1. The number of anilines is 1. The summed E-state index contributed by atoms with van der Waals surface area (Å²) >= 11 is 1.73. The Morgan fingerprint density at radius 3 is 2.70 bits per heavy atom. The minimum Gasteiger partial charge on any atom is -0.369 e. The van der Waals surface area contributed by atoms with E-state index in [-0.39, 0.29) is 0 Å². The van der Waals surface area contributed by atoms with Gasteiger partial charge in [-0.05, 0) is 37.6 Å². The standard InChI is InChI=1S/C16H23N3S/c1-5-17-9-14-6-7-15(12(2)8-14)19(4)10-16-13(3)18-11-20-16/h6-8,11,17H,5,9-10H2,1-4H3. The minimum absolute atomic E-state index is 0.921. The molecular formula is C16H23N3S. The fourth-order valence-electron chi connectivity index (χ4n) is 2.30. The van der Waals surface area contributed by atoms with Crippen molar-refractivity contribution in [1.29, 1.82) is 0 Å². The molecule has 0 aliphatic carbocycles. The summed E-state index contributed by atoms with van der Waals surface area (Å²) in [7, 11) is 2.14. The molecule has 0 amide bonds. The highest BCUT2D eigenvalue weighted by atomic mass is 32.1. The predicted octanol–water partition coefficient (Wildman–Crippen LogP) is 3.51. The van der Waals surface area contributed by atoms with E-state index in [0.717, 1.165) is 25.3 Å². The third-order valence-corrected chi connectivity index (χ3v) is 4.40. The highest BCUT2D eigenvalue weighted by Crippen LogP contribution is 2.24. The lowest BCUT2D eigenvalue weighted by molar-refractivity contribution is 0.726. The van der Waals surface area contributed by atoms with Crippen molar-refractivity contribution in [2.45, 2.75) is 33.9 Å². The van der Waals surface area contributed by atoms with Gasteiger partial charge < -0.3 is 10.2 Å². The quantitative estimate of drug-likeness (QED) is 0.882. The van der Waals surface area contributed by atoms with Crippen LogP contribution < -0.4 is 10.2 Å². The zero-order chi connectivity index (χ0) is 14.5. The summed E-state index contributed by atoms with van der Waals surface area (Å²) in [6.45, 7) is 9.25. The van der Waals surface area contributed by atoms with Crippen LogP contribution in [-0.4, -0.2) is 18.6 Å². The Morgan fingerprint density at radius 2 is 2.10 bits per heavy atom. The summed E-state index contributed by atoms with van der Waals surface area (Å²) in [5.41, 5.74) is 7.02. The molecule has 1 aromatic carbocycles. The van der Waals surface area contributed by atoms with Crippen molar-refractivity contribution in [2.24, 2.45) is 0 Å². The number of aromatic nitrogens is 1. The molecule has 0 radical (unpaired) electrons. The first-order valence-corrected chi connectivity index (χ1v) is 7.90. The molecule has 0 saturated heterocycles. The summed E-state index contributed by atoms with van der Waals surface area (Å²) in [5, 5.41) is 3.36. The zero-order valence-electron chi connectivity index (χ0n) is 12.7. The number of hydrogen-bond acceptors (Lipinski definition) is 4. The van der Waals surface area contributed by atoms with Crippen molar-refractivity contribution in [3.05, 3.63) is 45.4 Å². The van der Waals surface area contributed by atoms with E-state index in [2.05, 4.69) is 61.2 Å². The van der Waals surface area contributed by atoms with E-state index >= 15 is 0 Å². The Labute approximate surface area is 125 Å². The Bertz CT molecular complexity index is 563. The molecule has 20 heavy (non-hydrogen) atoms. The maximum atomic E-state index is 4.32. The SMILES string of the molecule is CCNCc1ccc(N(C)Cc2scnc2C)c(C)c1. The average molecular weight is 289 g/mol. The van der Waals surface area contributed by atoms with Gasteiger partial charge in [-0.25, -0.2) is 4.98 Å². The van der Waals surface area contributed by atoms with E-state index in [1.807, 2.05) is 5.51 Å². The molecule has 0 aliphatic heterocycles. The minimum atomic E-state index is 0.921. The fraction of sp³-hybridized carbons (Fsp3) is 0.438. The second kappa shape index (κ2) is 6.86. The molecular weight excluding hydrogens is 266 g/mol. The van der Waals surface area contributed by atoms with Gasteiger partial charge in [-0.1, -0.05) is 19.1 Å². The third kappa shape index (κ3) is 3.58. The van der Waals surface area contributed by atoms with Crippen LogP contribution in [0.25, 0.3) is 0 Å². The molecule has 108 valence electrons. The van der Waals surface area contributed by atoms with E-state index in [9.17, 15) is 0 Å². The maximum absolute atomic E-state index is 4.32. The highest BCUT2D eigenvalue weighted by Gasteiger charge is 2.09. The molecule has 1 aromatic heterocycles. The number of hydrogen-bond donors (Lipinski definition) is 1. The van der Waals surface area contributed by atoms with Crippen LogP contribution >= 0.6 is 11.3 Å². The van der Waals surface area contributed by atoms with Crippen molar-refractivity contribution in [3.8, 4) is 0 Å². The van der Waals surface area contributed by atoms with Gasteiger partial charge in [0.2, 0.25) is 0 Å². The lowest BCUT2D eigenvalue weighted by atomic mass is 10.1. The molecule has 0 bridgehead atoms. The van der Waals surface area contributed by atoms with Gasteiger partial charge in [0.05, 0.1) is 17.7 Å². The molecule has 1 heterocycles. The Balaban J connectivity index is 2.10. The Hall–Kier alpha value is -1.39. The van der Waals surface area contributed by atoms with Gasteiger partial charge in [0.15, 0.2) is 0 Å². The fourth-order valence-corrected chi connectivity index (χ4v) is 3.13. The molecule has 2 aromatic rings. The van der Waals surface area contributed by atoms with Gasteiger partial charge in [0.25, 0.3) is 0 Å². The molecule has 0 spiro atoms. The van der Waals surface area contributed by atoms with E-state index in [4.69, 9.17) is 0 Å². The molecule has 0 fully saturated rings. The molecule has 4 heteroatoms. The smallest absolute Gasteiger partial charge is 0.0798 e. The lowest BCUT2D eigenvalue weighted by Crippen LogP contribution is -2.18. The second-order valence-electron chi connectivity index (χ2n) is 5.12. The maximum Gasteiger partial charge on any atom is 0.0798 e. The van der Waals surface area contributed by atoms with Crippen LogP contribution in [0, 0.1) is 13.8 Å². The number of nitrogens with zero attached hydrogens (tertiary/aromatic N) is 2. The molecule has 0 saturated carbocycles. The Kier molecular flexibility index (Phi) is 5.15. The molecule has 0 unspecified atom stereocenters. The number of nitrogens with one attached hydrogen (secondary N) is 1. The average Bonchev–Trinajstić information content (AvgIpc) is 2.82. The largest absolute Gasteiger partial charge is 0.369 e. The molecule has 1 N–H and O–H groups in total. The van der Waals surface area contributed by atoms with Gasteiger partial charge in [0, 0.05) is 24.2 Å². The van der Waals surface area contributed by atoms with Crippen LogP contribution in [0.3, 0.4) is 0 Å². The van der Waals surface area contributed by atoms with Gasteiger partial charge in [-0.15, -0.1) is 11.3 Å². The van der Waals surface area contributed by atoms with E-state index in [1.54, 1.807) is 11.3 Å². The van der Waals surface area contributed by atoms with E-state index in [1.165, 1.54) is 21.7 Å². The summed E-state index contributed by atoms with van der Waals surface area (Å²) in [6, 6.07) is 6.70. The van der Waals surface area contributed by atoms with Crippen molar-refractivity contribution in [2.75, 3.05) is 18.5 Å². The second-order valence-corrected chi connectivity index (χ2v) is 6.06. The van der Waals surface area contributed by atoms with Gasteiger partial charge in [-0.3, -0.25) is 0 Å². The first-order valence-electron chi connectivity index (χ1n) is 7.02. The summed E-state index contributed by atoms with van der Waals surface area (Å²) in [4.78, 5) is 7.95. The van der Waals surface area contributed by atoms with E-state index < -0.39 is 0 Å². The van der Waals surface area contributed by atoms with Crippen LogP contribution in [0.4, 0.5) is 5.69 Å². The first kappa shape index (κ1) is 15.0. The number of aryl methyl sites for hydroxylation is 2. The van der Waals surface area contributed by atoms with Crippen LogP contribution in [0.5, 0.6) is 0 Å².